The van der Waals surface area contributed by atoms with E-state index in [1.807, 2.05) is 24.3 Å². The van der Waals surface area contributed by atoms with E-state index < -0.39 is 0 Å². The van der Waals surface area contributed by atoms with Gasteiger partial charge in [0.15, 0.2) is 0 Å². The molecule has 0 saturated carbocycles. The first-order chi connectivity index (χ1) is 8.65. The van der Waals surface area contributed by atoms with Crippen LogP contribution in [-0.4, -0.2) is 4.98 Å². The Labute approximate surface area is 122 Å². The summed E-state index contributed by atoms with van der Waals surface area (Å²) in [5.74, 6) is 0. The average molecular weight is 340 g/mol. The van der Waals surface area contributed by atoms with Gasteiger partial charge in [-0.1, -0.05) is 33.6 Å². The number of nitrogens with two attached hydrogens (primary N) is 1. The van der Waals surface area contributed by atoms with Crippen LogP contribution in [0.5, 0.6) is 0 Å². The highest BCUT2D eigenvalue weighted by Crippen LogP contribution is 2.36. The molecule has 1 heterocycles. The highest BCUT2D eigenvalue weighted by Gasteiger charge is 2.11. The molecule has 0 aliphatic carbocycles. The van der Waals surface area contributed by atoms with Crippen LogP contribution in [0.4, 0.5) is 5.69 Å². The summed E-state index contributed by atoms with van der Waals surface area (Å²) < 4.78 is 2.17. The van der Waals surface area contributed by atoms with Gasteiger partial charge in [0.25, 0.3) is 0 Å². The number of para-hydroxylation sites is 1. The lowest BCUT2D eigenvalue weighted by Gasteiger charge is -2.02. The van der Waals surface area contributed by atoms with Gasteiger partial charge in [0.2, 0.25) is 0 Å². The van der Waals surface area contributed by atoms with Crippen LogP contribution in [0.2, 0.25) is 5.02 Å². The molecule has 90 valence electrons. The summed E-state index contributed by atoms with van der Waals surface area (Å²) in [5.41, 5.74) is 8.43. The van der Waals surface area contributed by atoms with E-state index in [0.29, 0.717) is 10.7 Å². The van der Waals surface area contributed by atoms with E-state index in [-0.39, 0.29) is 0 Å². The molecule has 0 aliphatic heterocycles. The first-order valence-corrected chi connectivity index (χ1v) is 7.24. The summed E-state index contributed by atoms with van der Waals surface area (Å²) >= 11 is 11.1. The summed E-state index contributed by atoms with van der Waals surface area (Å²) in [5, 5.41) is 1.45. The molecule has 2 aromatic carbocycles. The molecule has 18 heavy (non-hydrogen) atoms. The van der Waals surface area contributed by atoms with Gasteiger partial charge in [-0.3, -0.25) is 0 Å². The first-order valence-electron chi connectivity index (χ1n) is 5.25. The third-order valence-corrected chi connectivity index (χ3v) is 4.51. The van der Waals surface area contributed by atoms with Gasteiger partial charge < -0.3 is 5.73 Å². The largest absolute Gasteiger partial charge is 0.397 e. The molecule has 0 radical (unpaired) electrons. The van der Waals surface area contributed by atoms with Gasteiger partial charge in [-0.15, -0.1) is 11.3 Å². The van der Waals surface area contributed by atoms with Gasteiger partial charge >= 0.3 is 0 Å². The molecule has 0 saturated heterocycles. The zero-order valence-corrected chi connectivity index (χ0v) is 12.3. The van der Waals surface area contributed by atoms with Gasteiger partial charge in [-0.2, -0.15) is 0 Å². The number of nitrogen functional groups attached to an aromatic ring is 1. The molecule has 1 aromatic heterocycles. The molecule has 0 aliphatic rings. The molecule has 0 spiro atoms. The Balaban J connectivity index is 2.22. The molecule has 0 amide bonds. The second kappa shape index (κ2) is 4.53. The van der Waals surface area contributed by atoms with Crippen LogP contribution in [0, 0.1) is 0 Å². The van der Waals surface area contributed by atoms with E-state index in [1.165, 1.54) is 0 Å². The molecule has 0 fully saturated rings. The Morgan fingerprint density at radius 2 is 2.06 bits per heavy atom. The number of hydrogen-bond acceptors (Lipinski definition) is 3. The summed E-state index contributed by atoms with van der Waals surface area (Å²) in [6, 6.07) is 11.6. The van der Waals surface area contributed by atoms with Gasteiger partial charge in [-0.25, -0.2) is 4.98 Å². The average Bonchev–Trinajstić information content (AvgIpc) is 2.75. The van der Waals surface area contributed by atoms with Gasteiger partial charge in [0.1, 0.15) is 5.01 Å². The Morgan fingerprint density at radius 1 is 1.22 bits per heavy atom. The molecular weight excluding hydrogens is 332 g/mol. The summed E-state index contributed by atoms with van der Waals surface area (Å²) in [4.78, 5) is 4.59. The molecule has 5 heteroatoms. The molecule has 2 N–H and O–H groups in total. The predicted octanol–water partition coefficient (Wildman–Crippen LogP) is 4.96. The van der Waals surface area contributed by atoms with Gasteiger partial charge in [0.05, 0.1) is 20.9 Å². The van der Waals surface area contributed by atoms with Crippen molar-refractivity contribution in [2.75, 3.05) is 5.73 Å². The number of hydrogen-bond donors (Lipinski definition) is 1. The predicted molar refractivity (Wildman–Crippen MR) is 82.2 cm³/mol. The lowest BCUT2D eigenvalue weighted by atomic mass is 10.2. The van der Waals surface area contributed by atoms with Crippen molar-refractivity contribution in [3.8, 4) is 10.6 Å². The van der Waals surface area contributed by atoms with E-state index in [1.54, 1.807) is 17.4 Å². The number of rotatable bonds is 1. The van der Waals surface area contributed by atoms with Crippen molar-refractivity contribution in [3.63, 3.8) is 0 Å². The monoisotopic (exact) mass is 338 g/mol. The highest BCUT2D eigenvalue weighted by molar-refractivity contribution is 9.10. The summed E-state index contributed by atoms with van der Waals surface area (Å²) in [6.45, 7) is 0. The van der Waals surface area contributed by atoms with Crippen LogP contribution >= 0.6 is 38.9 Å². The van der Waals surface area contributed by atoms with Crippen LogP contribution < -0.4 is 5.73 Å². The molecular formula is C13H8BrClN2S. The van der Waals surface area contributed by atoms with Gasteiger partial charge in [-0.05, 0) is 30.3 Å². The minimum atomic E-state index is 0.563. The van der Waals surface area contributed by atoms with Crippen molar-refractivity contribution < 1.29 is 0 Å². The number of halogens is 2. The normalized spacial score (nSPS) is 11.0. The Bertz CT molecular complexity index is 739. The maximum atomic E-state index is 6.03. The van der Waals surface area contributed by atoms with Crippen molar-refractivity contribution in [3.05, 3.63) is 45.9 Å². The van der Waals surface area contributed by atoms with Crippen LogP contribution in [0.25, 0.3) is 20.8 Å². The fourth-order valence-electron chi connectivity index (χ4n) is 1.74. The summed E-state index contributed by atoms with van der Waals surface area (Å²) in [7, 11) is 0. The van der Waals surface area contributed by atoms with Crippen LogP contribution in [0.1, 0.15) is 0 Å². The molecule has 0 unspecified atom stereocenters. The van der Waals surface area contributed by atoms with Crippen molar-refractivity contribution >= 4 is 54.8 Å². The van der Waals surface area contributed by atoms with E-state index in [2.05, 4.69) is 27.0 Å². The smallest absolute Gasteiger partial charge is 0.126 e. The molecule has 3 aromatic rings. The Morgan fingerprint density at radius 3 is 2.89 bits per heavy atom. The molecule has 2 nitrogen and oxygen atoms in total. The van der Waals surface area contributed by atoms with Crippen LogP contribution in [0.15, 0.2) is 40.9 Å². The van der Waals surface area contributed by atoms with E-state index in [9.17, 15) is 0 Å². The van der Waals surface area contributed by atoms with Crippen LogP contribution in [-0.2, 0) is 0 Å². The Kier molecular flexibility index (Phi) is 3.01. The maximum absolute atomic E-state index is 6.03. The number of anilines is 1. The maximum Gasteiger partial charge on any atom is 0.126 e. The topological polar surface area (TPSA) is 38.9 Å². The number of nitrogens with zero attached hydrogens (tertiary/aromatic N) is 1. The fraction of sp³-hybridized carbons (Fsp3) is 0. The standard InChI is InChI=1S/C13H8BrClN2S/c14-7-4-5-10-11(6-7)18-13(17-10)8-2-1-3-9(15)12(8)16/h1-6H,16H2. The second-order valence-electron chi connectivity index (χ2n) is 3.83. The minimum Gasteiger partial charge on any atom is -0.397 e. The van der Waals surface area contributed by atoms with Crippen molar-refractivity contribution in [2.45, 2.75) is 0 Å². The first kappa shape index (κ1) is 12.0. The zero-order chi connectivity index (χ0) is 12.7. The SMILES string of the molecule is Nc1c(Cl)cccc1-c1nc2ccc(Br)cc2s1. The van der Waals surface area contributed by atoms with Crippen molar-refractivity contribution in [1.82, 2.24) is 4.98 Å². The summed E-state index contributed by atoms with van der Waals surface area (Å²) in [6.07, 6.45) is 0. The van der Waals surface area contributed by atoms with Crippen LogP contribution in [0.3, 0.4) is 0 Å². The molecule has 0 atom stereocenters. The van der Waals surface area contributed by atoms with Crippen molar-refractivity contribution in [2.24, 2.45) is 0 Å². The lowest BCUT2D eigenvalue weighted by Crippen LogP contribution is -1.90. The zero-order valence-electron chi connectivity index (χ0n) is 9.15. The number of benzene rings is 2. The third kappa shape index (κ3) is 2.00. The fourth-order valence-corrected chi connectivity index (χ4v) is 3.47. The van der Waals surface area contributed by atoms with Crippen molar-refractivity contribution in [1.29, 1.82) is 0 Å². The van der Waals surface area contributed by atoms with Gasteiger partial charge in [0, 0.05) is 10.0 Å². The molecule has 0 bridgehead atoms. The molecule has 3 rings (SSSR count). The quantitative estimate of drug-likeness (QED) is 0.636. The van der Waals surface area contributed by atoms with E-state index in [0.717, 1.165) is 25.3 Å². The minimum absolute atomic E-state index is 0.563. The third-order valence-electron chi connectivity index (χ3n) is 2.63. The Hall–Kier alpha value is -1.10. The van der Waals surface area contributed by atoms with E-state index >= 15 is 0 Å². The number of aromatic nitrogens is 1. The second-order valence-corrected chi connectivity index (χ2v) is 6.19. The number of thiazole rings is 1. The highest BCUT2D eigenvalue weighted by atomic mass is 79.9. The number of fused-ring (bicyclic) bond motifs is 1. The van der Waals surface area contributed by atoms with E-state index in [4.69, 9.17) is 17.3 Å². The lowest BCUT2D eigenvalue weighted by molar-refractivity contribution is 1.47.